The summed E-state index contributed by atoms with van der Waals surface area (Å²) in [6, 6.07) is 5.60. The Kier molecular flexibility index (Phi) is 3.98. The summed E-state index contributed by atoms with van der Waals surface area (Å²) in [5.41, 5.74) is 0. The second-order valence-corrected chi connectivity index (χ2v) is 1.65. The minimum atomic E-state index is 0. The van der Waals surface area contributed by atoms with Gasteiger partial charge in [0.1, 0.15) is 0 Å². The zero-order valence-electron chi connectivity index (χ0n) is 3.70. The molecule has 0 unspecified atom stereocenters. The molecule has 42 valence electrons. The van der Waals surface area contributed by atoms with E-state index >= 15 is 0 Å². The van der Waals surface area contributed by atoms with Gasteiger partial charge in [-0.3, -0.25) is 4.98 Å². The van der Waals surface area contributed by atoms with Crippen LogP contribution in [0.3, 0.4) is 0 Å². The van der Waals surface area contributed by atoms with Gasteiger partial charge in [-0.05, 0) is 12.1 Å². The molecule has 0 N–H and O–H groups in total. The Bertz CT molecular complexity index is 142. The van der Waals surface area contributed by atoms with Crippen LogP contribution in [0.1, 0.15) is 0 Å². The standard InChI is InChI=1S/C5H5NS.Al.3H/c7-5-3-1-2-4-6-5;;;;/h1-4H,(H,6,7);;;;. The van der Waals surface area contributed by atoms with Gasteiger partial charge in [-0.2, -0.15) is 0 Å². The van der Waals surface area contributed by atoms with E-state index in [9.17, 15) is 0 Å². The zero-order chi connectivity index (χ0) is 5.11. The molecule has 8 heavy (non-hydrogen) atoms. The Morgan fingerprint density at radius 2 is 2.12 bits per heavy atom. The van der Waals surface area contributed by atoms with E-state index in [2.05, 4.69) is 17.6 Å². The lowest BCUT2D eigenvalue weighted by Crippen LogP contribution is -1.67. The second kappa shape index (κ2) is 3.97. The van der Waals surface area contributed by atoms with Gasteiger partial charge in [-0.1, -0.05) is 6.07 Å². The molecule has 0 fully saturated rings. The fourth-order valence-corrected chi connectivity index (χ4v) is 0.506. The molecule has 1 heterocycles. The van der Waals surface area contributed by atoms with Gasteiger partial charge in [0.2, 0.25) is 0 Å². The number of pyridine rings is 1. The van der Waals surface area contributed by atoms with E-state index in [1.54, 1.807) is 6.20 Å². The predicted molar refractivity (Wildman–Crippen MR) is 41.4 cm³/mol. The second-order valence-electron chi connectivity index (χ2n) is 1.19. The molecule has 0 saturated heterocycles. The highest BCUT2D eigenvalue weighted by molar-refractivity contribution is 7.80. The van der Waals surface area contributed by atoms with Crippen molar-refractivity contribution in [2.75, 3.05) is 0 Å². The fourth-order valence-electron chi connectivity index (χ4n) is 0.354. The number of hydrogen-bond donors (Lipinski definition) is 1. The van der Waals surface area contributed by atoms with E-state index < -0.39 is 0 Å². The normalized spacial score (nSPS) is 7.62. The van der Waals surface area contributed by atoms with Crippen molar-refractivity contribution in [3.63, 3.8) is 0 Å². The molecule has 0 spiro atoms. The van der Waals surface area contributed by atoms with Crippen molar-refractivity contribution >= 4 is 30.0 Å². The fraction of sp³-hybridized carbons (Fsp3) is 0. The topological polar surface area (TPSA) is 12.9 Å². The first-order valence-electron chi connectivity index (χ1n) is 1.99. The maximum Gasteiger partial charge on any atom is 0.187 e. The van der Waals surface area contributed by atoms with Crippen molar-refractivity contribution in [2.45, 2.75) is 5.03 Å². The van der Waals surface area contributed by atoms with Crippen LogP contribution in [0.15, 0.2) is 29.4 Å². The van der Waals surface area contributed by atoms with E-state index in [-0.39, 0.29) is 17.4 Å². The molecule has 0 aromatic carbocycles. The van der Waals surface area contributed by atoms with Gasteiger partial charge < -0.3 is 0 Å². The molecule has 1 aromatic heterocycles. The molecule has 0 radical (unpaired) electrons. The molecule has 0 atom stereocenters. The van der Waals surface area contributed by atoms with Gasteiger partial charge in [0, 0.05) is 6.20 Å². The van der Waals surface area contributed by atoms with Crippen molar-refractivity contribution in [3.05, 3.63) is 24.4 Å². The smallest absolute Gasteiger partial charge is 0.187 e. The van der Waals surface area contributed by atoms with E-state index in [0.717, 1.165) is 5.03 Å². The van der Waals surface area contributed by atoms with Crippen molar-refractivity contribution in [3.8, 4) is 0 Å². The third kappa shape index (κ3) is 2.37. The number of rotatable bonds is 0. The van der Waals surface area contributed by atoms with E-state index in [1.807, 2.05) is 18.2 Å². The minimum Gasteiger partial charge on any atom is -0.250 e. The molecule has 0 aliphatic heterocycles. The van der Waals surface area contributed by atoms with Crippen LogP contribution < -0.4 is 0 Å². The SMILES string of the molecule is Sc1ccccn1.[AlH3]. The summed E-state index contributed by atoms with van der Waals surface area (Å²) in [7, 11) is 0. The lowest BCUT2D eigenvalue weighted by Gasteiger charge is -1.81. The summed E-state index contributed by atoms with van der Waals surface area (Å²) in [5.74, 6) is 0. The minimum absolute atomic E-state index is 0. The van der Waals surface area contributed by atoms with E-state index in [1.165, 1.54) is 0 Å². The summed E-state index contributed by atoms with van der Waals surface area (Å²) < 4.78 is 0. The van der Waals surface area contributed by atoms with Crippen LogP contribution >= 0.6 is 12.6 Å². The van der Waals surface area contributed by atoms with Gasteiger partial charge >= 0.3 is 0 Å². The van der Waals surface area contributed by atoms with Crippen molar-refractivity contribution in [1.82, 2.24) is 4.98 Å². The summed E-state index contributed by atoms with van der Waals surface area (Å²) in [5, 5.41) is 0.766. The lowest BCUT2D eigenvalue weighted by atomic mass is 10.5. The van der Waals surface area contributed by atoms with Crippen LogP contribution in [-0.4, -0.2) is 22.3 Å². The Morgan fingerprint density at radius 1 is 1.38 bits per heavy atom. The first kappa shape index (κ1) is 8.03. The Labute approximate surface area is 64.7 Å². The first-order chi connectivity index (χ1) is 3.39. The predicted octanol–water partition coefficient (Wildman–Crippen LogP) is 0.186. The molecule has 1 rings (SSSR count). The van der Waals surface area contributed by atoms with Crippen molar-refractivity contribution < 1.29 is 0 Å². The average Bonchev–Trinajstić information content (AvgIpc) is 1.69. The summed E-state index contributed by atoms with van der Waals surface area (Å²) >= 11 is 3.97. The third-order valence-corrected chi connectivity index (χ3v) is 0.914. The van der Waals surface area contributed by atoms with Crippen LogP contribution in [0, 0.1) is 0 Å². The van der Waals surface area contributed by atoms with Gasteiger partial charge in [-0.25, -0.2) is 0 Å². The number of thiol groups is 1. The van der Waals surface area contributed by atoms with Gasteiger partial charge in [-0.15, -0.1) is 12.6 Å². The molecular weight excluding hydrogens is 133 g/mol. The Balaban J connectivity index is 0.000000490. The molecular formula is C5H8AlNS. The summed E-state index contributed by atoms with van der Waals surface area (Å²) in [4.78, 5) is 3.84. The molecule has 0 aliphatic carbocycles. The zero-order valence-corrected chi connectivity index (χ0v) is 4.60. The highest BCUT2D eigenvalue weighted by atomic mass is 32.1. The van der Waals surface area contributed by atoms with Gasteiger partial charge in [0.15, 0.2) is 17.4 Å². The molecule has 1 nitrogen and oxygen atoms in total. The van der Waals surface area contributed by atoms with Gasteiger partial charge in [0.05, 0.1) is 5.03 Å². The van der Waals surface area contributed by atoms with Crippen molar-refractivity contribution in [2.24, 2.45) is 0 Å². The lowest BCUT2D eigenvalue weighted by molar-refractivity contribution is 1.14. The number of nitrogens with zero attached hydrogens (tertiary/aromatic N) is 1. The Hall–Kier alpha value is 0.0325. The monoisotopic (exact) mass is 141 g/mol. The highest BCUT2D eigenvalue weighted by Gasteiger charge is 1.74. The van der Waals surface area contributed by atoms with E-state index in [0.29, 0.717) is 0 Å². The molecule has 3 heteroatoms. The number of hydrogen-bond acceptors (Lipinski definition) is 2. The molecule has 1 aromatic rings. The molecule has 0 saturated carbocycles. The van der Waals surface area contributed by atoms with Crippen LogP contribution in [-0.2, 0) is 0 Å². The maximum atomic E-state index is 3.97. The quantitative estimate of drug-likeness (QED) is 0.402. The van der Waals surface area contributed by atoms with Crippen LogP contribution in [0.2, 0.25) is 0 Å². The van der Waals surface area contributed by atoms with Crippen LogP contribution in [0.25, 0.3) is 0 Å². The first-order valence-corrected chi connectivity index (χ1v) is 2.44. The molecule has 0 bridgehead atoms. The number of aromatic nitrogens is 1. The van der Waals surface area contributed by atoms with Gasteiger partial charge in [0.25, 0.3) is 0 Å². The largest absolute Gasteiger partial charge is 0.250 e. The average molecular weight is 141 g/mol. The maximum absolute atomic E-state index is 3.97. The molecule has 0 amide bonds. The van der Waals surface area contributed by atoms with Crippen LogP contribution in [0.4, 0.5) is 0 Å². The highest BCUT2D eigenvalue weighted by Crippen LogP contribution is 1.95. The summed E-state index contributed by atoms with van der Waals surface area (Å²) in [6.45, 7) is 0. The Morgan fingerprint density at radius 3 is 2.38 bits per heavy atom. The molecule has 0 aliphatic rings. The van der Waals surface area contributed by atoms with Crippen molar-refractivity contribution in [1.29, 1.82) is 0 Å². The van der Waals surface area contributed by atoms with E-state index in [4.69, 9.17) is 0 Å². The third-order valence-electron chi connectivity index (χ3n) is 0.649. The summed E-state index contributed by atoms with van der Waals surface area (Å²) in [6.07, 6.45) is 1.71. The van der Waals surface area contributed by atoms with Crippen LogP contribution in [0.5, 0.6) is 0 Å².